The van der Waals surface area contributed by atoms with Crippen LogP contribution in [0.1, 0.15) is 36.6 Å². The summed E-state index contributed by atoms with van der Waals surface area (Å²) in [4.78, 5) is 4.77. The van der Waals surface area contributed by atoms with Crippen LogP contribution in [-0.2, 0) is 37.6 Å². The standard InChI is InChI=1S/C19H31N5O2.HI/c1-5-17-16(18(6-2)24(3)23-17)14-22-19(21-11-13-25-4)20-10-9-15-8-7-12-26-15;/h7-8,12H,5-6,9-11,13-14H2,1-4H3,(H2,20,21,22);1H. The van der Waals surface area contributed by atoms with Crippen molar-refractivity contribution in [3.05, 3.63) is 41.1 Å². The van der Waals surface area contributed by atoms with Gasteiger partial charge in [0.05, 0.1) is 25.1 Å². The van der Waals surface area contributed by atoms with E-state index in [1.807, 2.05) is 23.9 Å². The quantitative estimate of drug-likeness (QED) is 0.232. The Hall–Kier alpha value is -1.55. The van der Waals surface area contributed by atoms with Gasteiger partial charge in [0, 0.05) is 44.9 Å². The summed E-state index contributed by atoms with van der Waals surface area (Å²) in [6.45, 7) is 6.99. The van der Waals surface area contributed by atoms with Crippen LogP contribution in [-0.4, -0.2) is 42.5 Å². The van der Waals surface area contributed by atoms with Gasteiger partial charge in [0.1, 0.15) is 5.76 Å². The van der Waals surface area contributed by atoms with Crippen LogP contribution in [0.15, 0.2) is 27.8 Å². The molecule has 0 aromatic carbocycles. The highest BCUT2D eigenvalue weighted by Gasteiger charge is 2.13. The van der Waals surface area contributed by atoms with Crippen LogP contribution in [0.3, 0.4) is 0 Å². The summed E-state index contributed by atoms with van der Waals surface area (Å²) in [5.41, 5.74) is 3.61. The Morgan fingerprint density at radius 3 is 2.67 bits per heavy atom. The zero-order valence-electron chi connectivity index (χ0n) is 16.7. The molecule has 0 aliphatic rings. The van der Waals surface area contributed by atoms with Gasteiger partial charge in [-0.1, -0.05) is 13.8 Å². The number of aryl methyl sites for hydroxylation is 2. The van der Waals surface area contributed by atoms with Gasteiger partial charge in [-0.15, -0.1) is 24.0 Å². The fraction of sp³-hybridized carbons (Fsp3) is 0.579. The molecule has 152 valence electrons. The number of methoxy groups -OCH3 is 1. The molecule has 7 nitrogen and oxygen atoms in total. The Kier molecular flexibility index (Phi) is 11.1. The highest BCUT2D eigenvalue weighted by molar-refractivity contribution is 14.0. The van der Waals surface area contributed by atoms with Gasteiger partial charge in [0.2, 0.25) is 0 Å². The summed E-state index contributed by atoms with van der Waals surface area (Å²) in [5, 5.41) is 11.3. The second kappa shape index (κ2) is 12.8. The predicted octanol–water partition coefficient (Wildman–Crippen LogP) is 2.68. The van der Waals surface area contributed by atoms with Crippen molar-refractivity contribution in [3.8, 4) is 0 Å². The molecule has 0 spiro atoms. The lowest BCUT2D eigenvalue weighted by atomic mass is 10.1. The van der Waals surface area contributed by atoms with Crippen molar-refractivity contribution < 1.29 is 9.15 Å². The largest absolute Gasteiger partial charge is 0.469 e. The lowest BCUT2D eigenvalue weighted by molar-refractivity contribution is 0.203. The molecule has 8 heteroatoms. The van der Waals surface area contributed by atoms with E-state index in [-0.39, 0.29) is 24.0 Å². The third-order valence-corrected chi connectivity index (χ3v) is 4.27. The number of rotatable bonds is 10. The van der Waals surface area contributed by atoms with Gasteiger partial charge >= 0.3 is 0 Å². The van der Waals surface area contributed by atoms with Gasteiger partial charge < -0.3 is 19.8 Å². The van der Waals surface area contributed by atoms with E-state index in [1.54, 1.807) is 13.4 Å². The number of nitrogens with zero attached hydrogens (tertiary/aromatic N) is 3. The molecule has 2 aromatic rings. The summed E-state index contributed by atoms with van der Waals surface area (Å²) < 4.78 is 12.5. The van der Waals surface area contributed by atoms with Crippen molar-refractivity contribution in [1.82, 2.24) is 20.4 Å². The van der Waals surface area contributed by atoms with Crippen molar-refractivity contribution >= 4 is 29.9 Å². The first kappa shape index (κ1) is 23.5. The molecule has 0 amide bonds. The van der Waals surface area contributed by atoms with Gasteiger partial charge in [0.15, 0.2) is 5.96 Å². The average molecular weight is 489 g/mol. The normalized spacial score (nSPS) is 11.3. The molecule has 0 unspecified atom stereocenters. The van der Waals surface area contributed by atoms with Crippen molar-refractivity contribution in [1.29, 1.82) is 0 Å². The lowest BCUT2D eigenvalue weighted by Crippen LogP contribution is -2.40. The summed E-state index contributed by atoms with van der Waals surface area (Å²) >= 11 is 0. The third-order valence-electron chi connectivity index (χ3n) is 4.27. The second-order valence-electron chi connectivity index (χ2n) is 6.04. The molecule has 2 rings (SSSR count). The summed E-state index contributed by atoms with van der Waals surface area (Å²) in [6, 6.07) is 3.88. The molecule has 0 atom stereocenters. The minimum Gasteiger partial charge on any atom is -0.469 e. The molecule has 0 aliphatic heterocycles. The number of aromatic nitrogens is 2. The molecule has 0 saturated heterocycles. The topological polar surface area (TPSA) is 76.6 Å². The van der Waals surface area contributed by atoms with Crippen LogP contribution < -0.4 is 10.6 Å². The molecule has 0 aliphatic carbocycles. The number of guanidine groups is 1. The molecule has 0 radical (unpaired) electrons. The fourth-order valence-corrected chi connectivity index (χ4v) is 2.94. The van der Waals surface area contributed by atoms with Crippen molar-refractivity contribution in [2.45, 2.75) is 39.7 Å². The van der Waals surface area contributed by atoms with E-state index in [2.05, 4.69) is 29.6 Å². The highest BCUT2D eigenvalue weighted by atomic mass is 127. The number of ether oxygens (including phenoxy) is 1. The first-order chi connectivity index (χ1) is 12.7. The Bertz CT molecular complexity index is 683. The van der Waals surface area contributed by atoms with E-state index in [1.165, 1.54) is 11.3 Å². The molecule has 0 fully saturated rings. The summed E-state index contributed by atoms with van der Waals surface area (Å²) in [6.07, 6.45) is 4.37. The highest BCUT2D eigenvalue weighted by Crippen LogP contribution is 2.16. The van der Waals surface area contributed by atoms with Crippen LogP contribution in [0, 0.1) is 0 Å². The summed E-state index contributed by atoms with van der Waals surface area (Å²) in [7, 11) is 3.70. The van der Waals surface area contributed by atoms with E-state index in [0.29, 0.717) is 19.7 Å². The Morgan fingerprint density at radius 2 is 2.04 bits per heavy atom. The Balaban J connectivity index is 0.00000364. The smallest absolute Gasteiger partial charge is 0.191 e. The zero-order valence-corrected chi connectivity index (χ0v) is 19.1. The lowest BCUT2D eigenvalue weighted by Gasteiger charge is -2.12. The van der Waals surface area contributed by atoms with Crippen LogP contribution in [0.2, 0.25) is 0 Å². The van der Waals surface area contributed by atoms with Gasteiger partial charge in [-0.05, 0) is 25.0 Å². The van der Waals surface area contributed by atoms with Crippen LogP contribution >= 0.6 is 24.0 Å². The number of hydrogen-bond donors (Lipinski definition) is 2. The molecule has 0 bridgehead atoms. The van der Waals surface area contributed by atoms with E-state index in [0.717, 1.165) is 43.2 Å². The van der Waals surface area contributed by atoms with Crippen LogP contribution in [0.5, 0.6) is 0 Å². The molecular weight excluding hydrogens is 457 g/mol. The maximum absolute atomic E-state index is 5.38. The zero-order chi connectivity index (χ0) is 18.8. The van der Waals surface area contributed by atoms with E-state index in [9.17, 15) is 0 Å². The Morgan fingerprint density at radius 1 is 1.26 bits per heavy atom. The molecule has 2 heterocycles. The maximum Gasteiger partial charge on any atom is 0.191 e. The summed E-state index contributed by atoms with van der Waals surface area (Å²) in [5.74, 6) is 1.74. The molecular formula is C19H32IN5O2. The molecule has 27 heavy (non-hydrogen) atoms. The average Bonchev–Trinajstić information content (AvgIpc) is 3.26. The fourth-order valence-electron chi connectivity index (χ4n) is 2.94. The first-order valence-corrected chi connectivity index (χ1v) is 9.26. The number of nitrogens with one attached hydrogen (secondary N) is 2. The molecule has 2 aromatic heterocycles. The van der Waals surface area contributed by atoms with Gasteiger partial charge in [-0.25, -0.2) is 4.99 Å². The molecule has 0 saturated carbocycles. The van der Waals surface area contributed by atoms with E-state index < -0.39 is 0 Å². The first-order valence-electron chi connectivity index (χ1n) is 9.26. The maximum atomic E-state index is 5.38. The number of furan rings is 1. The van der Waals surface area contributed by atoms with Crippen molar-refractivity contribution in [2.75, 3.05) is 26.8 Å². The van der Waals surface area contributed by atoms with Gasteiger partial charge in [0.25, 0.3) is 0 Å². The van der Waals surface area contributed by atoms with Gasteiger partial charge in [-0.2, -0.15) is 5.10 Å². The van der Waals surface area contributed by atoms with Crippen molar-refractivity contribution in [2.24, 2.45) is 12.0 Å². The minimum atomic E-state index is 0. The van der Waals surface area contributed by atoms with Crippen LogP contribution in [0.25, 0.3) is 0 Å². The molecule has 2 N–H and O–H groups in total. The van der Waals surface area contributed by atoms with E-state index >= 15 is 0 Å². The SMILES string of the molecule is CCc1nn(C)c(CC)c1CN=C(NCCOC)NCCc1ccco1.I. The van der Waals surface area contributed by atoms with Crippen LogP contribution in [0.4, 0.5) is 0 Å². The second-order valence-corrected chi connectivity index (χ2v) is 6.04. The Labute approximate surface area is 179 Å². The number of hydrogen-bond acceptors (Lipinski definition) is 4. The number of halogens is 1. The minimum absolute atomic E-state index is 0. The van der Waals surface area contributed by atoms with Gasteiger partial charge in [-0.3, -0.25) is 4.68 Å². The van der Waals surface area contributed by atoms with Crippen molar-refractivity contribution in [3.63, 3.8) is 0 Å². The van der Waals surface area contributed by atoms with E-state index in [4.69, 9.17) is 14.1 Å². The number of aliphatic imine (C=N–C) groups is 1. The third kappa shape index (κ3) is 7.17. The predicted molar refractivity (Wildman–Crippen MR) is 119 cm³/mol. The monoisotopic (exact) mass is 489 g/mol.